The zero-order chi connectivity index (χ0) is 11.5. The van der Waals surface area contributed by atoms with Crippen LogP contribution in [0, 0.1) is 5.92 Å². The van der Waals surface area contributed by atoms with Gasteiger partial charge in [0.2, 0.25) is 0 Å². The molecular formula is C13H29NO. The zero-order valence-corrected chi connectivity index (χ0v) is 11.0. The molecule has 0 radical (unpaired) electrons. The Morgan fingerprint density at radius 1 is 1.07 bits per heavy atom. The summed E-state index contributed by atoms with van der Waals surface area (Å²) in [5.74, 6) is 0.801. The molecule has 0 aromatic heterocycles. The van der Waals surface area contributed by atoms with Crippen LogP contribution in [-0.4, -0.2) is 25.8 Å². The van der Waals surface area contributed by atoms with Crippen LogP contribution in [0.25, 0.3) is 0 Å². The van der Waals surface area contributed by atoms with E-state index in [4.69, 9.17) is 4.74 Å². The maximum Gasteiger partial charge on any atom is 0.0559 e. The Kier molecular flexibility index (Phi) is 10.4. The highest BCUT2D eigenvalue weighted by atomic mass is 16.5. The van der Waals surface area contributed by atoms with Crippen molar-refractivity contribution in [2.24, 2.45) is 5.92 Å². The molecule has 0 saturated carbocycles. The van der Waals surface area contributed by atoms with Crippen LogP contribution in [0.2, 0.25) is 0 Å². The Bertz CT molecular complexity index is 126. The first-order valence-electron chi connectivity index (χ1n) is 6.49. The molecule has 0 aromatic carbocycles. The third kappa shape index (κ3) is 11.8. The molecule has 2 heteroatoms. The molecule has 1 atom stereocenters. The molecule has 0 aliphatic heterocycles. The van der Waals surface area contributed by atoms with Crippen LogP contribution >= 0.6 is 0 Å². The SMILES string of the molecule is CCCNCCC(C)OCCCC(C)C. The third-order valence-electron chi connectivity index (χ3n) is 2.48. The van der Waals surface area contributed by atoms with Gasteiger partial charge in [-0.3, -0.25) is 0 Å². The summed E-state index contributed by atoms with van der Waals surface area (Å²) in [6.07, 6.45) is 5.22. The van der Waals surface area contributed by atoms with Crippen LogP contribution in [0.3, 0.4) is 0 Å². The summed E-state index contributed by atoms with van der Waals surface area (Å²) in [5, 5.41) is 3.39. The van der Waals surface area contributed by atoms with E-state index in [1.54, 1.807) is 0 Å². The second-order valence-corrected chi connectivity index (χ2v) is 4.76. The first kappa shape index (κ1) is 14.9. The number of hydrogen-bond acceptors (Lipinski definition) is 2. The highest BCUT2D eigenvalue weighted by Crippen LogP contribution is 2.05. The molecule has 0 amide bonds. The van der Waals surface area contributed by atoms with Crippen molar-refractivity contribution in [1.82, 2.24) is 5.32 Å². The summed E-state index contributed by atoms with van der Waals surface area (Å²) in [5.41, 5.74) is 0. The van der Waals surface area contributed by atoms with E-state index in [9.17, 15) is 0 Å². The number of nitrogens with one attached hydrogen (secondary N) is 1. The fourth-order valence-corrected chi connectivity index (χ4v) is 1.47. The van der Waals surface area contributed by atoms with Crippen LogP contribution in [0.4, 0.5) is 0 Å². The topological polar surface area (TPSA) is 21.3 Å². The summed E-state index contributed by atoms with van der Waals surface area (Å²) in [6.45, 7) is 12.0. The van der Waals surface area contributed by atoms with Crippen LogP contribution in [0.5, 0.6) is 0 Å². The van der Waals surface area contributed by atoms with E-state index < -0.39 is 0 Å². The predicted molar refractivity (Wildman–Crippen MR) is 67.3 cm³/mol. The molecule has 0 aliphatic rings. The summed E-state index contributed by atoms with van der Waals surface area (Å²) >= 11 is 0. The van der Waals surface area contributed by atoms with Crippen molar-refractivity contribution in [1.29, 1.82) is 0 Å². The lowest BCUT2D eigenvalue weighted by molar-refractivity contribution is 0.0565. The Labute approximate surface area is 95.8 Å². The van der Waals surface area contributed by atoms with Crippen molar-refractivity contribution in [3.8, 4) is 0 Å². The predicted octanol–water partition coefficient (Wildman–Crippen LogP) is 3.22. The van der Waals surface area contributed by atoms with Crippen LogP contribution < -0.4 is 5.32 Å². The summed E-state index contributed by atoms with van der Waals surface area (Å²) in [6, 6.07) is 0. The Hall–Kier alpha value is -0.0800. The monoisotopic (exact) mass is 215 g/mol. The van der Waals surface area contributed by atoms with Gasteiger partial charge in [-0.05, 0) is 51.6 Å². The van der Waals surface area contributed by atoms with Crippen molar-refractivity contribution in [2.75, 3.05) is 19.7 Å². The molecule has 1 N–H and O–H groups in total. The largest absolute Gasteiger partial charge is 0.378 e. The average Bonchev–Trinajstić information content (AvgIpc) is 2.19. The fraction of sp³-hybridized carbons (Fsp3) is 1.00. The lowest BCUT2D eigenvalue weighted by Gasteiger charge is -2.13. The van der Waals surface area contributed by atoms with Gasteiger partial charge in [0.15, 0.2) is 0 Å². The van der Waals surface area contributed by atoms with Crippen molar-refractivity contribution < 1.29 is 4.74 Å². The minimum atomic E-state index is 0.404. The van der Waals surface area contributed by atoms with E-state index in [1.807, 2.05) is 0 Å². The van der Waals surface area contributed by atoms with E-state index >= 15 is 0 Å². The van der Waals surface area contributed by atoms with Gasteiger partial charge in [-0.15, -0.1) is 0 Å². The lowest BCUT2D eigenvalue weighted by atomic mass is 10.1. The second-order valence-electron chi connectivity index (χ2n) is 4.76. The van der Waals surface area contributed by atoms with E-state index in [-0.39, 0.29) is 0 Å². The molecule has 0 heterocycles. The highest BCUT2D eigenvalue weighted by molar-refractivity contribution is 4.54. The molecule has 2 nitrogen and oxygen atoms in total. The quantitative estimate of drug-likeness (QED) is 0.565. The molecule has 15 heavy (non-hydrogen) atoms. The Morgan fingerprint density at radius 2 is 1.80 bits per heavy atom. The smallest absolute Gasteiger partial charge is 0.0559 e. The van der Waals surface area contributed by atoms with Crippen molar-refractivity contribution in [3.05, 3.63) is 0 Å². The van der Waals surface area contributed by atoms with Crippen molar-refractivity contribution in [2.45, 2.75) is 59.5 Å². The number of rotatable bonds is 10. The first-order valence-corrected chi connectivity index (χ1v) is 6.49. The average molecular weight is 215 g/mol. The molecule has 1 unspecified atom stereocenters. The molecule has 0 bridgehead atoms. The number of ether oxygens (including phenoxy) is 1. The highest BCUT2D eigenvalue weighted by Gasteiger charge is 2.01. The minimum Gasteiger partial charge on any atom is -0.378 e. The van der Waals surface area contributed by atoms with E-state index in [0.29, 0.717) is 6.10 Å². The molecule has 0 fully saturated rings. The molecule has 92 valence electrons. The van der Waals surface area contributed by atoms with Gasteiger partial charge in [-0.1, -0.05) is 20.8 Å². The van der Waals surface area contributed by atoms with Gasteiger partial charge in [0, 0.05) is 6.61 Å². The summed E-state index contributed by atoms with van der Waals surface area (Å²) in [4.78, 5) is 0. The fourth-order valence-electron chi connectivity index (χ4n) is 1.47. The van der Waals surface area contributed by atoms with Crippen LogP contribution in [-0.2, 0) is 4.74 Å². The Balaban J connectivity index is 3.15. The molecule has 0 aromatic rings. The van der Waals surface area contributed by atoms with Gasteiger partial charge in [-0.25, -0.2) is 0 Å². The van der Waals surface area contributed by atoms with Gasteiger partial charge in [0.25, 0.3) is 0 Å². The lowest BCUT2D eigenvalue weighted by Crippen LogP contribution is -2.21. The molecule has 0 saturated heterocycles. The van der Waals surface area contributed by atoms with Crippen LogP contribution in [0.15, 0.2) is 0 Å². The third-order valence-corrected chi connectivity index (χ3v) is 2.48. The summed E-state index contributed by atoms with van der Waals surface area (Å²) < 4.78 is 5.73. The van der Waals surface area contributed by atoms with Gasteiger partial charge >= 0.3 is 0 Å². The maximum atomic E-state index is 5.73. The Morgan fingerprint density at radius 3 is 2.40 bits per heavy atom. The van der Waals surface area contributed by atoms with Gasteiger partial charge in [0.05, 0.1) is 6.10 Å². The van der Waals surface area contributed by atoms with Crippen molar-refractivity contribution >= 4 is 0 Å². The molecule has 0 spiro atoms. The van der Waals surface area contributed by atoms with Crippen molar-refractivity contribution in [3.63, 3.8) is 0 Å². The van der Waals surface area contributed by atoms with Gasteiger partial charge in [0.1, 0.15) is 0 Å². The van der Waals surface area contributed by atoms with E-state index in [1.165, 1.54) is 19.3 Å². The molecular weight excluding hydrogens is 186 g/mol. The maximum absolute atomic E-state index is 5.73. The standard InChI is InChI=1S/C13H29NO/c1-5-9-14-10-8-13(4)15-11-6-7-12(2)3/h12-14H,5-11H2,1-4H3. The molecule has 0 rings (SSSR count). The molecule has 0 aliphatic carbocycles. The van der Waals surface area contributed by atoms with Gasteiger partial charge in [-0.2, -0.15) is 0 Å². The first-order chi connectivity index (χ1) is 7.16. The number of hydrogen-bond donors (Lipinski definition) is 1. The minimum absolute atomic E-state index is 0.404. The van der Waals surface area contributed by atoms with Crippen LogP contribution in [0.1, 0.15) is 53.4 Å². The van der Waals surface area contributed by atoms with E-state index in [0.717, 1.165) is 32.0 Å². The normalized spacial score (nSPS) is 13.4. The van der Waals surface area contributed by atoms with E-state index in [2.05, 4.69) is 33.0 Å². The van der Waals surface area contributed by atoms with Gasteiger partial charge < -0.3 is 10.1 Å². The summed E-state index contributed by atoms with van der Waals surface area (Å²) in [7, 11) is 0. The second kappa shape index (κ2) is 10.4. The zero-order valence-electron chi connectivity index (χ0n) is 11.0.